The van der Waals surface area contributed by atoms with E-state index in [9.17, 15) is 34.2 Å². The highest BCUT2D eigenvalue weighted by molar-refractivity contribution is 6.32. The van der Waals surface area contributed by atoms with Crippen molar-refractivity contribution in [2.24, 2.45) is 40.7 Å². The Hall–Kier alpha value is -3.15. The maximum Gasteiger partial charge on any atom is 0.235 e. The number of primary amides is 1. The van der Waals surface area contributed by atoms with Crippen LogP contribution in [0.1, 0.15) is 61.5 Å². The number of methoxy groups -OCH3 is 1. The van der Waals surface area contributed by atoms with Gasteiger partial charge in [0.15, 0.2) is 34.7 Å². The van der Waals surface area contributed by atoms with Crippen molar-refractivity contribution in [1.29, 1.82) is 0 Å². The molecular weight excluding hydrogens is 554 g/mol. The van der Waals surface area contributed by atoms with Gasteiger partial charge in [-0.15, -0.1) is 0 Å². The molecule has 1 aromatic carbocycles. The predicted molar refractivity (Wildman–Crippen MR) is 155 cm³/mol. The number of fused-ring (bicyclic) bond motifs is 3. The Bertz CT molecular complexity index is 1390. The highest BCUT2D eigenvalue weighted by Gasteiger charge is 2.69. The van der Waals surface area contributed by atoms with Crippen LogP contribution < -0.4 is 10.5 Å². The summed E-state index contributed by atoms with van der Waals surface area (Å²) in [7, 11) is 4.63. The van der Waals surface area contributed by atoms with Crippen molar-refractivity contribution in [2.45, 2.75) is 64.6 Å². The Morgan fingerprint density at radius 1 is 1.14 bits per heavy atom. The van der Waals surface area contributed by atoms with Gasteiger partial charge in [-0.2, -0.15) is 0 Å². The topological polar surface area (TPSA) is 168 Å². The van der Waals surface area contributed by atoms with Crippen LogP contribution in [0, 0.1) is 35.0 Å². The van der Waals surface area contributed by atoms with Gasteiger partial charge < -0.3 is 20.7 Å². The summed E-state index contributed by atoms with van der Waals surface area (Å²) in [6.45, 7) is 9.08. The maximum absolute atomic E-state index is 14.0. The number of Topliss-reactive ketones (excluding diaryl/α,β-unsaturated/α-hetero) is 4. The van der Waals surface area contributed by atoms with Gasteiger partial charge in [0, 0.05) is 23.6 Å². The molecule has 1 amide bonds. The summed E-state index contributed by atoms with van der Waals surface area (Å²) in [5.41, 5.74) is 4.03. The molecule has 0 bridgehead atoms. The lowest BCUT2D eigenvalue weighted by atomic mass is 9.52. The van der Waals surface area contributed by atoms with E-state index in [0.717, 1.165) is 31.5 Å². The van der Waals surface area contributed by atoms with Crippen molar-refractivity contribution < 1.29 is 38.9 Å². The highest BCUT2D eigenvalue weighted by Crippen LogP contribution is 2.52. The summed E-state index contributed by atoms with van der Waals surface area (Å²) >= 11 is 0. The molecule has 0 radical (unpaired) electrons. The molecule has 3 fully saturated rings. The second-order valence-corrected chi connectivity index (χ2v) is 14.1. The standard InChI is InChI=1S/C32H43N3O8/c1-31(2,3)17-7-9-35(10-8-17)14-16-13-20(36)22-18(27(16)43-6)11-15-12-19-24(34(4)5)26(38)23(30(33)41)29(40)32(19,42)28(39)21(15)25(22)37/h13,15,17,19,21,23-24,36,42H,7-12,14H2,1-6H3,(H2,33,41)/t15-,19-,21?,23?,24-,32-/m0/s1. The number of ether oxygens (including phenoxy) is 1. The number of nitrogens with zero attached hydrogens (tertiary/aromatic N) is 2. The fourth-order valence-corrected chi connectivity index (χ4v) is 8.29. The third-order valence-electron chi connectivity index (χ3n) is 10.5. The van der Waals surface area contributed by atoms with Crippen molar-refractivity contribution in [1.82, 2.24) is 9.80 Å². The first-order valence-corrected chi connectivity index (χ1v) is 15.0. The zero-order chi connectivity index (χ0) is 31.8. The Balaban J connectivity index is 1.51. The van der Waals surface area contributed by atoms with Crippen molar-refractivity contribution in [3.63, 3.8) is 0 Å². The van der Waals surface area contributed by atoms with E-state index in [-0.39, 0.29) is 29.6 Å². The van der Waals surface area contributed by atoms with Gasteiger partial charge in [-0.1, -0.05) is 20.8 Å². The molecule has 4 N–H and O–H groups in total. The van der Waals surface area contributed by atoms with Crippen LogP contribution in [0.25, 0.3) is 0 Å². The minimum atomic E-state index is -2.74. The third-order valence-corrected chi connectivity index (χ3v) is 10.5. The predicted octanol–water partition coefficient (Wildman–Crippen LogP) is 1.13. The molecule has 11 nitrogen and oxygen atoms in total. The summed E-state index contributed by atoms with van der Waals surface area (Å²) in [5, 5.41) is 22.9. The van der Waals surface area contributed by atoms with E-state index in [1.807, 2.05) is 0 Å². The lowest BCUT2D eigenvalue weighted by molar-refractivity contribution is -0.181. The Labute approximate surface area is 251 Å². The number of aromatic hydroxyl groups is 1. The Morgan fingerprint density at radius 2 is 1.77 bits per heavy atom. The number of benzene rings is 1. The normalized spacial score (nSPS) is 32.0. The number of nitrogens with two attached hydrogens (primary N) is 1. The van der Waals surface area contributed by atoms with Crippen molar-refractivity contribution >= 4 is 29.0 Å². The number of phenols is 1. The zero-order valence-corrected chi connectivity index (χ0v) is 25.8. The fourth-order valence-electron chi connectivity index (χ4n) is 8.29. The first-order valence-electron chi connectivity index (χ1n) is 15.0. The minimum Gasteiger partial charge on any atom is -0.507 e. The highest BCUT2D eigenvalue weighted by atomic mass is 16.5. The SMILES string of the molecule is COc1c(CN2CCC(C(C)(C)C)CC2)cc(O)c2c1C[C@H]1C[C@H]3[C@H](N(C)C)C(=O)C(C(N)=O)C(=O)[C@@]3(O)C(=O)C1C2=O. The summed E-state index contributed by atoms with van der Waals surface area (Å²) < 4.78 is 5.84. The van der Waals surface area contributed by atoms with Crippen LogP contribution in [0.4, 0.5) is 0 Å². The molecule has 5 rings (SSSR count). The van der Waals surface area contributed by atoms with E-state index >= 15 is 0 Å². The van der Waals surface area contributed by atoms with Gasteiger partial charge in [0.25, 0.3) is 0 Å². The molecule has 1 heterocycles. The number of likely N-dealkylation sites (N-methyl/N-ethyl adjacent to an activating group) is 1. The molecule has 1 saturated heterocycles. The Morgan fingerprint density at radius 3 is 2.30 bits per heavy atom. The van der Waals surface area contributed by atoms with E-state index < -0.39 is 64.4 Å². The van der Waals surface area contributed by atoms with Gasteiger partial charge in [0.2, 0.25) is 5.91 Å². The lowest BCUT2D eigenvalue weighted by Crippen LogP contribution is -2.74. The average molecular weight is 598 g/mol. The Kier molecular flexibility index (Phi) is 7.84. The zero-order valence-electron chi connectivity index (χ0n) is 25.8. The minimum absolute atomic E-state index is 0.00163. The summed E-state index contributed by atoms with van der Waals surface area (Å²) in [6.07, 6.45) is 2.28. The largest absolute Gasteiger partial charge is 0.507 e. The van der Waals surface area contributed by atoms with Crippen LogP contribution in [0.5, 0.6) is 11.5 Å². The summed E-state index contributed by atoms with van der Waals surface area (Å²) in [5.74, 6) is -9.51. The number of aliphatic hydroxyl groups is 1. The fraction of sp³-hybridized carbons (Fsp3) is 0.656. The van der Waals surface area contributed by atoms with Crippen LogP contribution in [-0.2, 0) is 32.1 Å². The number of piperidine rings is 1. The van der Waals surface area contributed by atoms with E-state index in [1.54, 1.807) is 14.1 Å². The molecule has 1 aliphatic heterocycles. The van der Waals surface area contributed by atoms with Gasteiger partial charge >= 0.3 is 0 Å². The number of carbonyl (C=O) groups excluding carboxylic acids is 5. The van der Waals surface area contributed by atoms with Crippen molar-refractivity contribution in [3.8, 4) is 11.5 Å². The van der Waals surface area contributed by atoms with Gasteiger partial charge in [-0.3, -0.25) is 33.8 Å². The molecule has 4 aliphatic rings. The number of likely N-dealkylation sites (tertiary alicyclic amines) is 1. The van der Waals surface area contributed by atoms with Crippen LogP contribution in [0.15, 0.2) is 6.07 Å². The molecular formula is C32H43N3O8. The van der Waals surface area contributed by atoms with E-state index in [0.29, 0.717) is 23.8 Å². The maximum atomic E-state index is 14.0. The smallest absolute Gasteiger partial charge is 0.235 e. The third kappa shape index (κ3) is 4.80. The molecule has 2 saturated carbocycles. The first-order chi connectivity index (χ1) is 20.0. The van der Waals surface area contributed by atoms with Gasteiger partial charge in [0.05, 0.1) is 24.6 Å². The van der Waals surface area contributed by atoms with Crippen LogP contribution in [0.2, 0.25) is 0 Å². The second-order valence-electron chi connectivity index (χ2n) is 14.1. The van der Waals surface area contributed by atoms with Gasteiger partial charge in [0.1, 0.15) is 11.5 Å². The molecule has 43 heavy (non-hydrogen) atoms. The van der Waals surface area contributed by atoms with E-state index in [4.69, 9.17) is 10.5 Å². The number of carbonyl (C=O) groups is 5. The molecule has 234 valence electrons. The summed E-state index contributed by atoms with van der Waals surface area (Å²) in [6, 6.07) is 0.367. The molecule has 3 aliphatic carbocycles. The number of hydrogen-bond donors (Lipinski definition) is 3. The molecule has 0 spiro atoms. The first kappa shape index (κ1) is 31.3. The lowest BCUT2D eigenvalue weighted by Gasteiger charge is -2.52. The van der Waals surface area contributed by atoms with Crippen molar-refractivity contribution in [3.05, 3.63) is 22.8 Å². The molecule has 0 aromatic heterocycles. The van der Waals surface area contributed by atoms with E-state index in [2.05, 4.69) is 25.7 Å². The van der Waals surface area contributed by atoms with Gasteiger partial charge in [-0.05, 0) is 76.2 Å². The van der Waals surface area contributed by atoms with Crippen molar-refractivity contribution in [2.75, 3.05) is 34.3 Å². The molecule has 2 unspecified atom stereocenters. The summed E-state index contributed by atoms with van der Waals surface area (Å²) in [4.78, 5) is 70.6. The van der Waals surface area contributed by atoms with Crippen LogP contribution in [0.3, 0.4) is 0 Å². The monoisotopic (exact) mass is 597 g/mol. The number of phenolic OH excluding ortho intramolecular Hbond substituents is 1. The second kappa shape index (κ2) is 10.8. The molecule has 1 aromatic rings. The quantitative estimate of drug-likeness (QED) is 0.419. The van der Waals surface area contributed by atoms with Gasteiger partial charge in [-0.25, -0.2) is 0 Å². The van der Waals surface area contributed by atoms with Crippen LogP contribution >= 0.6 is 0 Å². The van der Waals surface area contributed by atoms with Crippen LogP contribution in [-0.4, -0.2) is 95.0 Å². The number of ketones is 4. The van der Waals surface area contributed by atoms with E-state index in [1.165, 1.54) is 18.1 Å². The molecule has 11 heteroatoms. The number of amides is 1. The average Bonchev–Trinajstić information content (AvgIpc) is 2.90. The number of hydrogen-bond acceptors (Lipinski definition) is 10. The molecule has 6 atom stereocenters. The number of rotatable bonds is 5.